The summed E-state index contributed by atoms with van der Waals surface area (Å²) in [6.07, 6.45) is 6.83. The lowest BCUT2D eigenvalue weighted by Crippen LogP contribution is -2.48. The summed E-state index contributed by atoms with van der Waals surface area (Å²) in [6, 6.07) is 8.09. The number of hydrogen-bond donors (Lipinski definition) is 1. The molecular formula is C19H24N2O2. The summed E-state index contributed by atoms with van der Waals surface area (Å²) in [7, 11) is 0. The average molecular weight is 312 g/mol. The Kier molecular flexibility index (Phi) is 4.91. The minimum atomic E-state index is 0.0163. The van der Waals surface area contributed by atoms with Crippen LogP contribution in [0.4, 0.5) is 5.69 Å². The van der Waals surface area contributed by atoms with Crippen LogP contribution >= 0.6 is 0 Å². The van der Waals surface area contributed by atoms with E-state index < -0.39 is 0 Å². The topological polar surface area (TPSA) is 49.4 Å². The van der Waals surface area contributed by atoms with Gasteiger partial charge in [0.25, 0.3) is 5.91 Å². The van der Waals surface area contributed by atoms with Gasteiger partial charge in [0.15, 0.2) is 0 Å². The number of para-hydroxylation sites is 1. The van der Waals surface area contributed by atoms with Crippen LogP contribution in [0.1, 0.15) is 31.7 Å². The largest absolute Gasteiger partial charge is 0.308 e. The zero-order chi connectivity index (χ0) is 16.2. The number of benzene rings is 1. The van der Waals surface area contributed by atoms with Crippen LogP contribution in [0.5, 0.6) is 0 Å². The summed E-state index contributed by atoms with van der Waals surface area (Å²) in [6.45, 7) is 3.74. The first kappa shape index (κ1) is 15.9. The molecule has 0 radical (unpaired) electrons. The van der Waals surface area contributed by atoms with E-state index in [0.717, 1.165) is 38.0 Å². The Balaban J connectivity index is 1.60. The molecule has 0 aliphatic carbocycles. The maximum absolute atomic E-state index is 12.5. The predicted octanol–water partition coefficient (Wildman–Crippen LogP) is 2.48. The number of amides is 1. The first-order valence-electron chi connectivity index (χ1n) is 8.52. The number of nitrogens with one attached hydrogen (secondary N) is 1. The second kappa shape index (κ2) is 7.09. The highest BCUT2D eigenvalue weighted by molar-refractivity contribution is 6.02. The number of ketones is 1. The van der Waals surface area contributed by atoms with E-state index in [4.69, 9.17) is 0 Å². The van der Waals surface area contributed by atoms with Gasteiger partial charge >= 0.3 is 0 Å². The molecule has 4 nitrogen and oxygen atoms in total. The van der Waals surface area contributed by atoms with Gasteiger partial charge in [0.2, 0.25) is 0 Å². The highest BCUT2D eigenvalue weighted by atomic mass is 16.2. The molecule has 122 valence electrons. The lowest BCUT2D eigenvalue weighted by Gasteiger charge is -2.27. The first-order valence-corrected chi connectivity index (χ1v) is 8.52. The van der Waals surface area contributed by atoms with Crippen molar-refractivity contribution in [3.05, 3.63) is 42.0 Å². The zero-order valence-corrected chi connectivity index (χ0v) is 13.6. The highest BCUT2D eigenvalue weighted by Crippen LogP contribution is 2.27. The fourth-order valence-corrected chi connectivity index (χ4v) is 3.19. The molecule has 3 rings (SSSR count). The van der Waals surface area contributed by atoms with Crippen LogP contribution in [0.2, 0.25) is 0 Å². The Morgan fingerprint density at radius 3 is 2.87 bits per heavy atom. The number of anilines is 1. The molecule has 1 saturated heterocycles. The van der Waals surface area contributed by atoms with Crippen molar-refractivity contribution < 1.29 is 9.59 Å². The van der Waals surface area contributed by atoms with Gasteiger partial charge in [-0.05, 0) is 49.4 Å². The molecular weight excluding hydrogens is 288 g/mol. The van der Waals surface area contributed by atoms with Gasteiger partial charge in [-0.1, -0.05) is 31.2 Å². The molecule has 2 atom stereocenters. The molecule has 1 N–H and O–H groups in total. The number of allylic oxidation sites excluding steroid dienone is 1. The van der Waals surface area contributed by atoms with Crippen molar-refractivity contribution in [3.8, 4) is 0 Å². The fraction of sp³-hybridized carbons (Fsp3) is 0.474. The minimum Gasteiger partial charge on any atom is -0.308 e. The Labute approximate surface area is 137 Å². The molecule has 2 aliphatic rings. The fourth-order valence-electron chi connectivity index (χ4n) is 3.19. The van der Waals surface area contributed by atoms with Crippen molar-refractivity contribution in [1.82, 2.24) is 5.32 Å². The van der Waals surface area contributed by atoms with Crippen LogP contribution in [0.25, 0.3) is 0 Å². The molecule has 1 amide bonds. The van der Waals surface area contributed by atoms with E-state index in [-0.39, 0.29) is 23.7 Å². The minimum absolute atomic E-state index is 0.0163. The van der Waals surface area contributed by atoms with Crippen LogP contribution in [-0.2, 0) is 16.0 Å². The second-order valence-electron chi connectivity index (χ2n) is 6.36. The number of rotatable bonds is 6. The number of carbonyl (C=O) groups excluding carboxylic acids is 2. The maximum Gasteiger partial charge on any atom is 0.250 e. The van der Waals surface area contributed by atoms with E-state index in [2.05, 4.69) is 18.3 Å². The second-order valence-corrected chi connectivity index (χ2v) is 6.36. The summed E-state index contributed by atoms with van der Waals surface area (Å²) < 4.78 is 0. The smallest absolute Gasteiger partial charge is 0.250 e. The summed E-state index contributed by atoms with van der Waals surface area (Å²) in [5.74, 6) is 0.432. The third-order valence-electron chi connectivity index (χ3n) is 4.86. The van der Waals surface area contributed by atoms with E-state index in [1.807, 2.05) is 29.2 Å². The predicted molar refractivity (Wildman–Crippen MR) is 91.5 cm³/mol. The monoisotopic (exact) mass is 312 g/mol. The first-order chi connectivity index (χ1) is 11.2. The number of nitrogens with zero attached hydrogens (tertiary/aromatic N) is 1. The van der Waals surface area contributed by atoms with Crippen molar-refractivity contribution >= 4 is 17.4 Å². The molecule has 0 saturated carbocycles. The van der Waals surface area contributed by atoms with Crippen molar-refractivity contribution in [2.45, 2.75) is 38.6 Å². The van der Waals surface area contributed by atoms with Gasteiger partial charge in [-0.15, -0.1) is 0 Å². The van der Waals surface area contributed by atoms with E-state index >= 15 is 0 Å². The lowest BCUT2D eigenvalue weighted by atomic mass is 9.92. The summed E-state index contributed by atoms with van der Waals surface area (Å²) in [5, 5.41) is 3.15. The van der Waals surface area contributed by atoms with E-state index in [0.29, 0.717) is 6.42 Å². The van der Waals surface area contributed by atoms with Crippen molar-refractivity contribution in [3.63, 3.8) is 0 Å². The SMILES string of the molecule is CC[C@@H](/C=C/C(=O)N1CCc2ccccc21)CC(=O)[C@@H]1CCN1. The molecule has 23 heavy (non-hydrogen) atoms. The standard InChI is InChI=1S/C19H24N2O2/c1-2-14(13-18(22)16-9-11-20-16)7-8-19(23)21-12-10-15-5-3-4-6-17(15)21/h3-8,14,16,20H,2,9-13H2,1H3/b8-7+/t14-,16-/m0/s1. The van der Waals surface area contributed by atoms with Crippen LogP contribution in [0.15, 0.2) is 36.4 Å². The molecule has 1 aromatic carbocycles. The number of Topliss-reactive ketones (excluding diaryl/α,β-unsaturated/α-hetero) is 1. The molecule has 0 bridgehead atoms. The number of carbonyl (C=O) groups is 2. The highest BCUT2D eigenvalue weighted by Gasteiger charge is 2.26. The third kappa shape index (κ3) is 3.53. The normalized spacial score (nSPS) is 21.1. The Hall–Kier alpha value is -1.94. The molecule has 2 heterocycles. The van der Waals surface area contributed by atoms with Crippen LogP contribution in [-0.4, -0.2) is 30.8 Å². The van der Waals surface area contributed by atoms with Crippen LogP contribution in [0, 0.1) is 5.92 Å². The van der Waals surface area contributed by atoms with Crippen molar-refractivity contribution in [2.24, 2.45) is 5.92 Å². The van der Waals surface area contributed by atoms with Crippen molar-refractivity contribution in [1.29, 1.82) is 0 Å². The van der Waals surface area contributed by atoms with E-state index in [9.17, 15) is 9.59 Å². The van der Waals surface area contributed by atoms with Crippen molar-refractivity contribution in [2.75, 3.05) is 18.0 Å². The maximum atomic E-state index is 12.5. The van der Waals surface area contributed by atoms with Crippen LogP contribution < -0.4 is 10.2 Å². The molecule has 1 aromatic rings. The number of hydrogen-bond acceptors (Lipinski definition) is 3. The summed E-state index contributed by atoms with van der Waals surface area (Å²) in [4.78, 5) is 26.4. The molecule has 1 fully saturated rings. The van der Waals surface area contributed by atoms with E-state index in [1.54, 1.807) is 6.08 Å². The molecule has 2 aliphatic heterocycles. The van der Waals surface area contributed by atoms with Gasteiger partial charge in [-0.25, -0.2) is 0 Å². The van der Waals surface area contributed by atoms with Gasteiger partial charge in [0.05, 0.1) is 6.04 Å². The summed E-state index contributed by atoms with van der Waals surface area (Å²) in [5.41, 5.74) is 2.25. The Bertz CT molecular complexity index is 620. The van der Waals surface area contributed by atoms with Gasteiger partial charge in [-0.3, -0.25) is 9.59 Å². The van der Waals surface area contributed by atoms with Gasteiger partial charge < -0.3 is 10.2 Å². The molecule has 0 spiro atoms. The number of fused-ring (bicyclic) bond motifs is 1. The third-order valence-corrected chi connectivity index (χ3v) is 4.86. The average Bonchev–Trinajstić information content (AvgIpc) is 2.93. The molecule has 4 heteroatoms. The lowest BCUT2D eigenvalue weighted by molar-refractivity contribution is -0.123. The molecule has 0 aromatic heterocycles. The Morgan fingerprint density at radius 2 is 2.17 bits per heavy atom. The van der Waals surface area contributed by atoms with E-state index in [1.165, 1.54) is 5.56 Å². The van der Waals surface area contributed by atoms with Crippen LogP contribution in [0.3, 0.4) is 0 Å². The van der Waals surface area contributed by atoms with Gasteiger partial charge in [0.1, 0.15) is 5.78 Å². The zero-order valence-electron chi connectivity index (χ0n) is 13.6. The summed E-state index contributed by atoms with van der Waals surface area (Å²) >= 11 is 0. The quantitative estimate of drug-likeness (QED) is 0.821. The Morgan fingerprint density at radius 1 is 1.39 bits per heavy atom. The van der Waals surface area contributed by atoms with Gasteiger partial charge in [0, 0.05) is 18.7 Å². The van der Waals surface area contributed by atoms with Gasteiger partial charge in [-0.2, -0.15) is 0 Å². The molecule has 0 unspecified atom stereocenters.